The lowest BCUT2D eigenvalue weighted by molar-refractivity contribution is -0.129. The summed E-state index contributed by atoms with van der Waals surface area (Å²) in [6.07, 6.45) is 5.22. The molecular formula is C25H23N5O3S. The lowest BCUT2D eigenvalue weighted by atomic mass is 10.0. The van der Waals surface area contributed by atoms with E-state index in [9.17, 15) is 4.79 Å². The average Bonchev–Trinajstić information content (AvgIpc) is 3.55. The van der Waals surface area contributed by atoms with Gasteiger partial charge in [-0.25, -0.2) is 14.6 Å². The van der Waals surface area contributed by atoms with E-state index < -0.39 is 0 Å². The Morgan fingerprint density at radius 1 is 1.06 bits per heavy atom. The topological polar surface area (TPSA) is 82.4 Å². The number of nitrogens with zero attached hydrogens (tertiary/aromatic N) is 5. The van der Waals surface area contributed by atoms with Crippen molar-refractivity contribution in [2.75, 3.05) is 25.5 Å². The van der Waals surface area contributed by atoms with Gasteiger partial charge < -0.3 is 14.4 Å². The summed E-state index contributed by atoms with van der Waals surface area (Å²) in [4.78, 5) is 24.1. The first kappa shape index (κ1) is 21.0. The minimum Gasteiger partial charge on any atom is -0.486 e. The van der Waals surface area contributed by atoms with Gasteiger partial charge in [0.25, 0.3) is 0 Å². The van der Waals surface area contributed by atoms with Gasteiger partial charge in [0.15, 0.2) is 17.1 Å². The Morgan fingerprint density at radius 3 is 2.79 bits per heavy atom. The highest BCUT2D eigenvalue weighted by atomic mass is 32.2. The number of thioether (sulfide) groups is 1. The largest absolute Gasteiger partial charge is 0.486 e. The second kappa shape index (κ2) is 8.98. The van der Waals surface area contributed by atoms with Crippen molar-refractivity contribution >= 4 is 28.7 Å². The lowest BCUT2D eigenvalue weighted by Gasteiger charge is -2.26. The molecule has 1 saturated heterocycles. The highest BCUT2D eigenvalue weighted by Crippen LogP contribution is 2.38. The third-order valence-electron chi connectivity index (χ3n) is 6.19. The van der Waals surface area contributed by atoms with Gasteiger partial charge >= 0.3 is 0 Å². The zero-order chi connectivity index (χ0) is 22.9. The van der Waals surface area contributed by atoms with Crippen LogP contribution in [-0.2, 0) is 4.79 Å². The molecule has 0 unspecified atom stereocenters. The Balaban J connectivity index is 1.19. The molecule has 2 aromatic carbocycles. The number of rotatable bonds is 5. The maximum absolute atomic E-state index is 13.2. The van der Waals surface area contributed by atoms with E-state index in [4.69, 9.17) is 9.47 Å². The second-order valence-electron chi connectivity index (χ2n) is 8.24. The minimum absolute atomic E-state index is 0.0511. The summed E-state index contributed by atoms with van der Waals surface area (Å²) in [6, 6.07) is 15.9. The van der Waals surface area contributed by atoms with Crippen molar-refractivity contribution < 1.29 is 14.3 Å². The summed E-state index contributed by atoms with van der Waals surface area (Å²) < 4.78 is 13.2. The molecule has 1 amide bonds. The smallest absolute Gasteiger partial charge is 0.233 e. The standard InChI is InChI=1S/C25H23N5O3S/c31-23(29-10-4-7-20(29)17-8-9-21-22(13-17)33-12-11-32-21)15-34-25-19-14-28-30(24(19)26-16-27-25)18-5-2-1-3-6-18/h1-3,5-6,8-9,13-14,16,20H,4,7,10-12,15H2/t20-/m0/s1. The Morgan fingerprint density at radius 2 is 1.91 bits per heavy atom. The summed E-state index contributed by atoms with van der Waals surface area (Å²) in [6.45, 7) is 1.87. The number of benzene rings is 2. The van der Waals surface area contributed by atoms with Crippen LogP contribution in [0.3, 0.4) is 0 Å². The molecule has 0 N–H and O–H groups in total. The molecule has 6 rings (SSSR count). The minimum atomic E-state index is 0.0511. The van der Waals surface area contributed by atoms with Crippen molar-refractivity contribution in [3.05, 3.63) is 66.6 Å². The first-order chi connectivity index (χ1) is 16.8. The van der Waals surface area contributed by atoms with Crippen LogP contribution >= 0.6 is 11.8 Å². The molecule has 2 aliphatic heterocycles. The van der Waals surface area contributed by atoms with Gasteiger partial charge in [0, 0.05) is 6.54 Å². The van der Waals surface area contributed by atoms with E-state index in [0.29, 0.717) is 19.0 Å². The molecule has 0 saturated carbocycles. The van der Waals surface area contributed by atoms with Gasteiger partial charge in [0.05, 0.1) is 29.1 Å². The Labute approximate surface area is 200 Å². The van der Waals surface area contributed by atoms with Gasteiger partial charge in [-0.3, -0.25) is 4.79 Å². The molecule has 0 bridgehead atoms. The van der Waals surface area contributed by atoms with Crippen LogP contribution in [0.2, 0.25) is 0 Å². The number of likely N-dealkylation sites (tertiary alicyclic amines) is 1. The van der Waals surface area contributed by atoms with Gasteiger partial charge in [-0.05, 0) is 42.7 Å². The Kier molecular flexibility index (Phi) is 5.54. The molecule has 0 radical (unpaired) electrons. The summed E-state index contributed by atoms with van der Waals surface area (Å²) in [7, 11) is 0. The van der Waals surface area contributed by atoms with Crippen LogP contribution in [0.5, 0.6) is 11.5 Å². The van der Waals surface area contributed by atoms with Crippen LogP contribution in [0.1, 0.15) is 24.4 Å². The van der Waals surface area contributed by atoms with Gasteiger partial charge in [0.1, 0.15) is 24.6 Å². The van der Waals surface area contributed by atoms with E-state index in [1.807, 2.05) is 53.4 Å². The number of fused-ring (bicyclic) bond motifs is 2. The fourth-order valence-electron chi connectivity index (χ4n) is 4.59. The van der Waals surface area contributed by atoms with E-state index in [2.05, 4.69) is 15.1 Å². The number of carbonyl (C=O) groups is 1. The van der Waals surface area contributed by atoms with E-state index >= 15 is 0 Å². The summed E-state index contributed by atoms with van der Waals surface area (Å²) in [5.74, 6) is 1.94. The SMILES string of the molecule is O=C(CSc1ncnc2c1cnn2-c1ccccc1)N1CCC[C@H]1c1ccc2c(c1)OCCO2. The fourth-order valence-corrected chi connectivity index (χ4v) is 5.43. The summed E-state index contributed by atoms with van der Waals surface area (Å²) in [5.41, 5.74) is 2.75. The van der Waals surface area contributed by atoms with Gasteiger partial charge in [-0.1, -0.05) is 36.0 Å². The van der Waals surface area contributed by atoms with Crippen molar-refractivity contribution in [1.29, 1.82) is 0 Å². The quantitative estimate of drug-likeness (QED) is 0.320. The number of hydrogen-bond acceptors (Lipinski definition) is 7. The predicted molar refractivity (Wildman–Crippen MR) is 129 cm³/mol. The molecule has 2 aliphatic rings. The molecule has 2 aromatic heterocycles. The van der Waals surface area contributed by atoms with Gasteiger partial charge in [0.2, 0.25) is 5.91 Å². The normalized spacial score (nSPS) is 17.3. The molecule has 4 aromatic rings. The molecule has 172 valence electrons. The van der Waals surface area contributed by atoms with Crippen molar-refractivity contribution in [3.63, 3.8) is 0 Å². The highest BCUT2D eigenvalue weighted by molar-refractivity contribution is 8.00. The molecule has 8 nitrogen and oxygen atoms in total. The van der Waals surface area contributed by atoms with Crippen molar-refractivity contribution in [1.82, 2.24) is 24.6 Å². The van der Waals surface area contributed by atoms with E-state index in [1.54, 1.807) is 10.9 Å². The van der Waals surface area contributed by atoms with Crippen LogP contribution in [0.25, 0.3) is 16.7 Å². The van der Waals surface area contributed by atoms with E-state index in [0.717, 1.165) is 58.2 Å². The number of hydrogen-bond donors (Lipinski definition) is 0. The maximum atomic E-state index is 13.2. The zero-order valence-corrected chi connectivity index (χ0v) is 19.3. The number of amides is 1. The third kappa shape index (κ3) is 3.86. The molecule has 9 heteroatoms. The Bertz CT molecular complexity index is 1340. The van der Waals surface area contributed by atoms with E-state index in [1.165, 1.54) is 18.1 Å². The highest BCUT2D eigenvalue weighted by Gasteiger charge is 2.31. The van der Waals surface area contributed by atoms with Gasteiger partial charge in [-0.2, -0.15) is 5.10 Å². The molecule has 4 heterocycles. The monoisotopic (exact) mass is 473 g/mol. The van der Waals surface area contributed by atoms with Crippen molar-refractivity contribution in [2.45, 2.75) is 23.9 Å². The average molecular weight is 474 g/mol. The molecule has 0 aliphatic carbocycles. The fraction of sp³-hybridized carbons (Fsp3) is 0.280. The first-order valence-corrected chi connectivity index (χ1v) is 12.3. The maximum Gasteiger partial charge on any atom is 0.233 e. The van der Waals surface area contributed by atoms with Gasteiger partial charge in [-0.15, -0.1) is 0 Å². The second-order valence-corrected chi connectivity index (χ2v) is 9.21. The predicted octanol–water partition coefficient (Wildman–Crippen LogP) is 4.04. The van der Waals surface area contributed by atoms with Crippen LogP contribution in [0.4, 0.5) is 0 Å². The lowest BCUT2D eigenvalue weighted by Crippen LogP contribution is -2.32. The van der Waals surface area contributed by atoms with Crippen LogP contribution in [0.15, 0.2) is 66.1 Å². The van der Waals surface area contributed by atoms with Crippen molar-refractivity contribution in [2.24, 2.45) is 0 Å². The number of ether oxygens (including phenoxy) is 2. The zero-order valence-electron chi connectivity index (χ0n) is 18.5. The summed E-state index contributed by atoms with van der Waals surface area (Å²) in [5, 5.41) is 6.10. The summed E-state index contributed by atoms with van der Waals surface area (Å²) >= 11 is 1.43. The van der Waals surface area contributed by atoms with Crippen molar-refractivity contribution in [3.8, 4) is 17.2 Å². The first-order valence-electron chi connectivity index (χ1n) is 11.3. The van der Waals surface area contributed by atoms with Crippen LogP contribution < -0.4 is 9.47 Å². The van der Waals surface area contributed by atoms with Crippen LogP contribution in [0, 0.1) is 0 Å². The molecular weight excluding hydrogens is 450 g/mol. The number of carbonyl (C=O) groups excluding carboxylic acids is 1. The van der Waals surface area contributed by atoms with E-state index in [-0.39, 0.29) is 11.9 Å². The number of aromatic nitrogens is 4. The third-order valence-corrected chi connectivity index (χ3v) is 7.18. The molecule has 1 fully saturated rings. The molecule has 34 heavy (non-hydrogen) atoms. The Hall–Kier alpha value is -3.59. The number of para-hydroxylation sites is 1. The molecule has 0 spiro atoms. The molecule has 1 atom stereocenters. The van der Waals surface area contributed by atoms with Crippen LogP contribution in [-0.4, -0.2) is 56.1 Å².